The summed E-state index contributed by atoms with van der Waals surface area (Å²) in [7, 11) is 0. The molecule has 0 spiro atoms. The fourth-order valence-electron chi connectivity index (χ4n) is 4.44. The number of thiophene rings is 1. The number of nitrogens with zero attached hydrogens (tertiary/aromatic N) is 3. The van der Waals surface area contributed by atoms with Gasteiger partial charge in [-0.05, 0) is 55.8 Å². The van der Waals surface area contributed by atoms with Crippen LogP contribution in [0.25, 0.3) is 21.3 Å². The first kappa shape index (κ1) is 23.1. The normalized spacial score (nSPS) is 15.4. The largest absolute Gasteiger partial charge is 0.491 e. The molecule has 0 aliphatic carbocycles. The van der Waals surface area contributed by atoms with E-state index in [0.717, 1.165) is 53.1 Å². The Labute approximate surface area is 208 Å². The van der Waals surface area contributed by atoms with Crippen LogP contribution >= 0.6 is 22.9 Å². The lowest BCUT2D eigenvalue weighted by molar-refractivity contribution is 0.109. The summed E-state index contributed by atoms with van der Waals surface area (Å²) < 4.78 is 5.83. The fraction of sp³-hybridized carbons (Fsp3) is 0.308. The Morgan fingerprint density at radius 1 is 1.09 bits per heavy atom. The van der Waals surface area contributed by atoms with Crippen molar-refractivity contribution in [3.8, 4) is 16.9 Å². The molecule has 6 nitrogen and oxygen atoms in total. The molecule has 2 aromatic carbocycles. The molecule has 0 amide bonds. The molecule has 5 rings (SSSR count). The predicted octanol–water partition coefficient (Wildman–Crippen LogP) is 5.01. The number of ether oxygens (including phenoxy) is 1. The number of piperidine rings is 1. The Morgan fingerprint density at radius 2 is 1.85 bits per heavy atom. The van der Waals surface area contributed by atoms with Gasteiger partial charge in [-0.3, -0.25) is 0 Å². The smallest absolute Gasteiger partial charge is 0.141 e. The topological polar surface area (TPSA) is 70.5 Å². The Balaban J connectivity index is 1.45. The summed E-state index contributed by atoms with van der Waals surface area (Å²) in [4.78, 5) is 12.5. The van der Waals surface area contributed by atoms with Crippen LogP contribution in [-0.2, 0) is 0 Å². The van der Waals surface area contributed by atoms with Crippen molar-refractivity contribution < 1.29 is 9.84 Å². The molecule has 34 heavy (non-hydrogen) atoms. The zero-order valence-electron chi connectivity index (χ0n) is 18.7. The maximum Gasteiger partial charge on any atom is 0.141 e. The number of aromatic nitrogens is 2. The van der Waals surface area contributed by atoms with Crippen molar-refractivity contribution in [2.24, 2.45) is 0 Å². The zero-order valence-corrected chi connectivity index (χ0v) is 20.3. The molecule has 2 aromatic heterocycles. The summed E-state index contributed by atoms with van der Waals surface area (Å²) in [6.07, 6.45) is 2.92. The second-order valence-corrected chi connectivity index (χ2v) is 9.74. The van der Waals surface area contributed by atoms with E-state index in [1.165, 1.54) is 0 Å². The molecule has 1 aliphatic heterocycles. The maximum absolute atomic E-state index is 11.0. The lowest BCUT2D eigenvalue weighted by Gasteiger charge is -2.37. The summed E-state index contributed by atoms with van der Waals surface area (Å²) in [5.41, 5.74) is 2.27. The molecular formula is C26H27ClN4O2S. The van der Waals surface area contributed by atoms with Crippen LogP contribution < -0.4 is 15.0 Å². The highest BCUT2D eigenvalue weighted by molar-refractivity contribution is 7.17. The molecule has 3 heterocycles. The lowest BCUT2D eigenvalue weighted by Crippen LogP contribution is -2.47. The second kappa shape index (κ2) is 10.7. The van der Waals surface area contributed by atoms with Crippen molar-refractivity contribution in [2.75, 3.05) is 31.1 Å². The van der Waals surface area contributed by atoms with Crippen LogP contribution in [0.2, 0.25) is 5.02 Å². The molecule has 1 atom stereocenters. The molecule has 1 saturated heterocycles. The minimum atomic E-state index is -0.686. The molecule has 8 heteroatoms. The van der Waals surface area contributed by atoms with Crippen molar-refractivity contribution in [2.45, 2.75) is 25.0 Å². The number of fused-ring (bicyclic) bond motifs is 1. The van der Waals surface area contributed by atoms with Gasteiger partial charge in [0.2, 0.25) is 0 Å². The second-order valence-electron chi connectivity index (χ2n) is 8.45. The first-order valence-electron chi connectivity index (χ1n) is 11.5. The molecule has 1 unspecified atom stereocenters. The lowest BCUT2D eigenvalue weighted by atomic mass is 10.0. The van der Waals surface area contributed by atoms with E-state index in [0.29, 0.717) is 17.3 Å². The van der Waals surface area contributed by atoms with Gasteiger partial charge in [0, 0.05) is 28.6 Å². The van der Waals surface area contributed by atoms with Gasteiger partial charge in [0.15, 0.2) is 0 Å². The predicted molar refractivity (Wildman–Crippen MR) is 139 cm³/mol. The number of aliphatic hydroxyl groups is 1. The van der Waals surface area contributed by atoms with Crippen LogP contribution in [0.3, 0.4) is 0 Å². The minimum absolute atomic E-state index is 0.187. The molecule has 176 valence electrons. The first-order valence-corrected chi connectivity index (χ1v) is 12.8. The van der Waals surface area contributed by atoms with Gasteiger partial charge in [-0.1, -0.05) is 41.9 Å². The Kier molecular flexibility index (Phi) is 7.25. The Bertz CT molecular complexity index is 1210. The SMILES string of the molecule is OC(COc1ccc(Cl)cc1)CN(c1ncnc2scc(-c3ccccc3)c12)C1CCNCC1. The third-order valence-corrected chi connectivity index (χ3v) is 7.26. The molecule has 0 bridgehead atoms. The highest BCUT2D eigenvalue weighted by Crippen LogP contribution is 2.39. The molecule has 4 aromatic rings. The first-order chi connectivity index (χ1) is 16.7. The average Bonchev–Trinajstić information content (AvgIpc) is 3.33. The van der Waals surface area contributed by atoms with Crippen molar-refractivity contribution in [3.05, 3.63) is 71.3 Å². The number of hydrogen-bond donors (Lipinski definition) is 2. The van der Waals surface area contributed by atoms with Gasteiger partial charge in [-0.2, -0.15) is 0 Å². The summed E-state index contributed by atoms with van der Waals surface area (Å²) >= 11 is 7.59. The summed E-state index contributed by atoms with van der Waals surface area (Å²) in [5.74, 6) is 1.56. The molecular weight excluding hydrogens is 468 g/mol. The van der Waals surface area contributed by atoms with Crippen molar-refractivity contribution >= 4 is 39.0 Å². The molecule has 0 saturated carbocycles. The van der Waals surface area contributed by atoms with E-state index < -0.39 is 6.10 Å². The van der Waals surface area contributed by atoms with Crippen LogP contribution in [0.5, 0.6) is 5.75 Å². The average molecular weight is 495 g/mol. The molecule has 0 radical (unpaired) electrons. The summed E-state index contributed by atoms with van der Waals surface area (Å²) in [6.45, 7) is 2.50. The molecule has 1 fully saturated rings. The number of rotatable bonds is 8. The quantitative estimate of drug-likeness (QED) is 0.359. The molecule has 2 N–H and O–H groups in total. The highest BCUT2D eigenvalue weighted by Gasteiger charge is 2.27. The number of anilines is 1. The highest BCUT2D eigenvalue weighted by atomic mass is 35.5. The Hall–Kier alpha value is -2.71. The van der Waals surface area contributed by atoms with Gasteiger partial charge >= 0.3 is 0 Å². The number of halogens is 1. The molecule has 1 aliphatic rings. The van der Waals surface area contributed by atoms with Gasteiger partial charge in [0.1, 0.15) is 35.4 Å². The van der Waals surface area contributed by atoms with Gasteiger partial charge in [-0.15, -0.1) is 11.3 Å². The van der Waals surface area contributed by atoms with E-state index in [-0.39, 0.29) is 12.6 Å². The van der Waals surface area contributed by atoms with E-state index in [2.05, 4.69) is 32.7 Å². The van der Waals surface area contributed by atoms with Crippen LogP contribution in [0.15, 0.2) is 66.3 Å². The maximum atomic E-state index is 11.0. The number of aliphatic hydroxyl groups excluding tert-OH is 1. The number of benzene rings is 2. The van der Waals surface area contributed by atoms with Crippen LogP contribution in [0.4, 0.5) is 5.82 Å². The van der Waals surface area contributed by atoms with Crippen LogP contribution in [0.1, 0.15) is 12.8 Å². The standard InChI is InChI=1S/C26H27ClN4O2S/c27-19-6-8-22(9-7-19)33-15-21(32)14-31(20-10-12-28-13-11-20)25-24-23(18-4-2-1-3-5-18)16-34-26(24)30-17-29-25/h1-9,16-17,20-21,28,32H,10-15H2. The van der Waals surface area contributed by atoms with Crippen LogP contribution in [-0.4, -0.2) is 53.5 Å². The monoisotopic (exact) mass is 494 g/mol. The minimum Gasteiger partial charge on any atom is -0.491 e. The van der Waals surface area contributed by atoms with Gasteiger partial charge in [0.25, 0.3) is 0 Å². The van der Waals surface area contributed by atoms with Crippen molar-refractivity contribution in [1.29, 1.82) is 0 Å². The Morgan fingerprint density at radius 3 is 2.62 bits per heavy atom. The van der Waals surface area contributed by atoms with E-state index in [9.17, 15) is 5.11 Å². The van der Waals surface area contributed by atoms with Crippen molar-refractivity contribution in [1.82, 2.24) is 15.3 Å². The van der Waals surface area contributed by atoms with E-state index in [1.807, 2.05) is 30.3 Å². The third kappa shape index (κ3) is 5.18. The van der Waals surface area contributed by atoms with Gasteiger partial charge in [-0.25, -0.2) is 9.97 Å². The van der Waals surface area contributed by atoms with Gasteiger partial charge < -0.3 is 20.1 Å². The number of nitrogens with one attached hydrogen (secondary N) is 1. The van der Waals surface area contributed by atoms with E-state index >= 15 is 0 Å². The van der Waals surface area contributed by atoms with E-state index in [4.69, 9.17) is 21.3 Å². The summed E-state index contributed by atoms with van der Waals surface area (Å²) in [6, 6.07) is 17.8. The van der Waals surface area contributed by atoms with Crippen LogP contribution in [0, 0.1) is 0 Å². The zero-order chi connectivity index (χ0) is 23.3. The number of hydrogen-bond acceptors (Lipinski definition) is 7. The van der Waals surface area contributed by atoms with E-state index in [1.54, 1.807) is 29.8 Å². The summed E-state index contributed by atoms with van der Waals surface area (Å²) in [5, 5.41) is 18.3. The fourth-order valence-corrected chi connectivity index (χ4v) is 5.47. The third-order valence-electron chi connectivity index (χ3n) is 6.12. The van der Waals surface area contributed by atoms with Crippen molar-refractivity contribution in [3.63, 3.8) is 0 Å². The van der Waals surface area contributed by atoms with Gasteiger partial charge in [0.05, 0.1) is 5.39 Å².